The first kappa shape index (κ1) is 16.5. The van der Waals surface area contributed by atoms with Gasteiger partial charge < -0.3 is 15.4 Å². The number of hydrogen-bond acceptors (Lipinski definition) is 3. The Morgan fingerprint density at radius 1 is 1.33 bits per heavy atom. The number of halogens is 3. The van der Waals surface area contributed by atoms with Crippen LogP contribution in [0.2, 0.25) is 0 Å². The highest BCUT2D eigenvalue weighted by Gasteiger charge is 2.49. The van der Waals surface area contributed by atoms with Crippen LogP contribution in [0.15, 0.2) is 0 Å². The molecule has 0 aromatic rings. The van der Waals surface area contributed by atoms with Crippen LogP contribution in [0.4, 0.5) is 13.2 Å². The summed E-state index contributed by atoms with van der Waals surface area (Å²) in [7, 11) is 0. The lowest BCUT2D eigenvalue weighted by atomic mass is 9.78. The zero-order valence-corrected chi connectivity index (χ0v) is 12.4. The van der Waals surface area contributed by atoms with E-state index in [1.165, 1.54) is 4.90 Å². The minimum Gasteiger partial charge on any atom is -0.392 e. The van der Waals surface area contributed by atoms with E-state index in [4.69, 9.17) is 22.7 Å². The fourth-order valence-electron chi connectivity index (χ4n) is 3.02. The molecule has 2 aliphatic rings. The highest BCUT2D eigenvalue weighted by molar-refractivity contribution is 7.80. The molecule has 2 rings (SSSR count). The lowest BCUT2D eigenvalue weighted by Crippen LogP contribution is -2.56. The van der Waals surface area contributed by atoms with Crippen LogP contribution in [-0.4, -0.2) is 48.3 Å². The van der Waals surface area contributed by atoms with Crippen molar-refractivity contribution < 1.29 is 22.7 Å². The largest absolute Gasteiger partial charge is 0.393 e. The number of hydrogen-bond donors (Lipinski definition) is 1. The second-order valence-corrected chi connectivity index (χ2v) is 6.13. The third-order valence-electron chi connectivity index (χ3n) is 4.40. The quantitative estimate of drug-likeness (QED) is 0.788. The molecule has 0 aromatic heterocycles. The molecule has 0 aliphatic carbocycles. The van der Waals surface area contributed by atoms with Gasteiger partial charge in [0.05, 0.1) is 10.9 Å². The van der Waals surface area contributed by atoms with Crippen molar-refractivity contribution in [3.63, 3.8) is 0 Å². The predicted molar refractivity (Wildman–Crippen MR) is 74.6 cm³/mol. The van der Waals surface area contributed by atoms with Crippen molar-refractivity contribution in [3.05, 3.63) is 0 Å². The Morgan fingerprint density at radius 3 is 2.48 bits per heavy atom. The predicted octanol–water partition coefficient (Wildman–Crippen LogP) is 1.87. The number of alkyl halides is 3. The first-order chi connectivity index (χ1) is 9.77. The average Bonchev–Trinajstić information content (AvgIpc) is 2.46. The van der Waals surface area contributed by atoms with Gasteiger partial charge in [-0.25, -0.2) is 0 Å². The van der Waals surface area contributed by atoms with Gasteiger partial charge in [-0.05, 0) is 25.7 Å². The van der Waals surface area contributed by atoms with Crippen molar-refractivity contribution in [2.75, 3.05) is 26.3 Å². The molecular formula is C13H19F3N2O2S. The highest BCUT2D eigenvalue weighted by atomic mass is 32.1. The minimum atomic E-state index is -4.27. The van der Waals surface area contributed by atoms with Gasteiger partial charge in [-0.2, -0.15) is 13.2 Å². The Labute approximate surface area is 126 Å². The fraction of sp³-hybridized carbons (Fsp3) is 0.846. The molecule has 2 heterocycles. The molecule has 1 amide bonds. The standard InChI is InChI=1S/C13H19F3N2O2S/c14-13(15,16)9-2-1-5-18(8-9)11(19)12(10(17)21)3-6-20-7-4-12/h9H,1-8H2,(H2,17,21). The molecule has 120 valence electrons. The van der Waals surface area contributed by atoms with Crippen LogP contribution < -0.4 is 5.73 Å². The number of ether oxygens (including phenoxy) is 1. The summed E-state index contributed by atoms with van der Waals surface area (Å²) in [4.78, 5) is 14.1. The van der Waals surface area contributed by atoms with E-state index < -0.39 is 17.5 Å². The third-order valence-corrected chi connectivity index (χ3v) is 4.79. The molecule has 0 bridgehead atoms. The van der Waals surface area contributed by atoms with E-state index in [9.17, 15) is 18.0 Å². The Hall–Kier alpha value is -0.890. The number of nitrogens with two attached hydrogens (primary N) is 1. The smallest absolute Gasteiger partial charge is 0.392 e. The number of amides is 1. The van der Waals surface area contributed by atoms with Crippen molar-refractivity contribution >= 4 is 23.1 Å². The van der Waals surface area contributed by atoms with E-state index in [0.29, 0.717) is 39.0 Å². The van der Waals surface area contributed by atoms with Crippen molar-refractivity contribution in [2.24, 2.45) is 17.1 Å². The number of piperidine rings is 1. The van der Waals surface area contributed by atoms with E-state index in [-0.39, 0.29) is 23.9 Å². The molecule has 1 atom stereocenters. The molecule has 2 saturated heterocycles. The summed E-state index contributed by atoms with van der Waals surface area (Å²) in [5, 5.41) is 0. The third kappa shape index (κ3) is 3.31. The van der Waals surface area contributed by atoms with Gasteiger partial charge in [0.1, 0.15) is 5.41 Å². The second-order valence-electron chi connectivity index (χ2n) is 5.69. The summed E-state index contributed by atoms with van der Waals surface area (Å²) >= 11 is 5.03. The summed E-state index contributed by atoms with van der Waals surface area (Å²) in [6.45, 7) is 0.726. The molecule has 2 fully saturated rings. The molecule has 8 heteroatoms. The van der Waals surface area contributed by atoms with Gasteiger partial charge in [0.15, 0.2) is 0 Å². The van der Waals surface area contributed by atoms with E-state index in [0.717, 1.165) is 0 Å². The maximum Gasteiger partial charge on any atom is 0.393 e. The van der Waals surface area contributed by atoms with Gasteiger partial charge in [0.2, 0.25) is 5.91 Å². The molecule has 4 nitrogen and oxygen atoms in total. The average molecular weight is 324 g/mol. The number of nitrogens with zero attached hydrogens (tertiary/aromatic N) is 1. The van der Waals surface area contributed by atoms with E-state index in [1.54, 1.807) is 0 Å². The van der Waals surface area contributed by atoms with Gasteiger partial charge in [0, 0.05) is 26.3 Å². The zero-order valence-electron chi connectivity index (χ0n) is 11.6. The van der Waals surface area contributed by atoms with Crippen LogP contribution in [0, 0.1) is 11.3 Å². The fourth-order valence-corrected chi connectivity index (χ4v) is 3.31. The molecule has 0 spiro atoms. The number of rotatable bonds is 2. The van der Waals surface area contributed by atoms with Crippen molar-refractivity contribution in [2.45, 2.75) is 31.9 Å². The first-order valence-corrected chi connectivity index (χ1v) is 7.42. The van der Waals surface area contributed by atoms with Gasteiger partial charge in [0.25, 0.3) is 0 Å². The Bertz CT molecular complexity index is 422. The van der Waals surface area contributed by atoms with E-state index >= 15 is 0 Å². The monoisotopic (exact) mass is 324 g/mol. The van der Waals surface area contributed by atoms with Gasteiger partial charge >= 0.3 is 6.18 Å². The summed E-state index contributed by atoms with van der Waals surface area (Å²) in [6.07, 6.45) is -3.18. The number of carbonyl (C=O) groups excluding carboxylic acids is 1. The summed E-state index contributed by atoms with van der Waals surface area (Å²) in [5.41, 5.74) is 4.70. The van der Waals surface area contributed by atoms with Crippen molar-refractivity contribution in [1.82, 2.24) is 4.90 Å². The topological polar surface area (TPSA) is 55.6 Å². The first-order valence-electron chi connectivity index (χ1n) is 7.01. The summed E-state index contributed by atoms with van der Waals surface area (Å²) in [5.74, 6) is -1.83. The zero-order chi connectivity index (χ0) is 15.7. The van der Waals surface area contributed by atoms with Crippen LogP contribution in [0.1, 0.15) is 25.7 Å². The van der Waals surface area contributed by atoms with Crippen LogP contribution in [0.3, 0.4) is 0 Å². The Balaban J connectivity index is 2.15. The van der Waals surface area contributed by atoms with Crippen molar-refractivity contribution in [3.8, 4) is 0 Å². The van der Waals surface area contributed by atoms with Crippen LogP contribution >= 0.6 is 12.2 Å². The SMILES string of the molecule is NC(=S)C1(C(=O)N2CCCC(C(F)(F)F)C2)CCOCC1. The molecule has 0 radical (unpaired) electrons. The minimum absolute atomic E-state index is 0.0601. The highest BCUT2D eigenvalue weighted by Crippen LogP contribution is 2.37. The Morgan fingerprint density at radius 2 is 1.95 bits per heavy atom. The summed E-state index contributed by atoms with van der Waals surface area (Å²) < 4.78 is 43.8. The maximum absolute atomic E-state index is 12.9. The number of likely N-dealkylation sites (tertiary alicyclic amines) is 1. The molecule has 2 N–H and O–H groups in total. The van der Waals surface area contributed by atoms with E-state index in [2.05, 4.69) is 0 Å². The molecule has 0 aromatic carbocycles. The van der Waals surface area contributed by atoms with Gasteiger partial charge in [-0.15, -0.1) is 0 Å². The Kier molecular flexibility index (Phi) is 4.77. The molecule has 21 heavy (non-hydrogen) atoms. The normalized spacial score (nSPS) is 26.4. The number of thiocarbonyl (C=S) groups is 1. The van der Waals surface area contributed by atoms with Gasteiger partial charge in [-0.1, -0.05) is 12.2 Å². The van der Waals surface area contributed by atoms with Crippen LogP contribution in [0.25, 0.3) is 0 Å². The number of carbonyl (C=O) groups is 1. The lowest BCUT2D eigenvalue weighted by Gasteiger charge is -2.42. The second kappa shape index (κ2) is 6.08. The van der Waals surface area contributed by atoms with Crippen LogP contribution in [-0.2, 0) is 9.53 Å². The van der Waals surface area contributed by atoms with E-state index in [1.807, 2.05) is 0 Å². The van der Waals surface area contributed by atoms with Crippen molar-refractivity contribution in [1.29, 1.82) is 0 Å². The lowest BCUT2D eigenvalue weighted by molar-refractivity contribution is -0.189. The molecule has 1 unspecified atom stereocenters. The molecular weight excluding hydrogens is 305 g/mol. The van der Waals surface area contributed by atoms with Gasteiger partial charge in [-0.3, -0.25) is 4.79 Å². The van der Waals surface area contributed by atoms with Crippen LogP contribution in [0.5, 0.6) is 0 Å². The molecule has 0 saturated carbocycles. The molecule has 2 aliphatic heterocycles. The maximum atomic E-state index is 12.9. The summed E-state index contributed by atoms with van der Waals surface area (Å²) in [6, 6.07) is 0.